The van der Waals surface area contributed by atoms with Gasteiger partial charge >= 0.3 is 0 Å². The van der Waals surface area contributed by atoms with E-state index in [-0.39, 0.29) is 12.8 Å². The first-order valence-corrected chi connectivity index (χ1v) is 7.97. The monoisotopic (exact) mass is 305 g/mol. The van der Waals surface area contributed by atoms with E-state index in [1.165, 1.54) is 4.88 Å². The summed E-state index contributed by atoms with van der Waals surface area (Å²) in [6.45, 7) is 2.92. The molecule has 2 aromatic rings. The number of hydrogen-bond donors (Lipinski definition) is 1. The van der Waals surface area contributed by atoms with Gasteiger partial charge in [-0.2, -0.15) is 0 Å². The second kappa shape index (κ2) is 6.37. The van der Waals surface area contributed by atoms with Crippen LogP contribution in [-0.2, 0) is 13.0 Å². The lowest BCUT2D eigenvalue weighted by molar-refractivity contribution is 0.173. The van der Waals surface area contributed by atoms with Crippen molar-refractivity contribution >= 4 is 11.3 Å². The Kier molecular flexibility index (Phi) is 4.31. The minimum absolute atomic E-state index is 0.120. The number of thiophene rings is 1. The summed E-state index contributed by atoms with van der Waals surface area (Å²) in [5.74, 6) is 2.35. The van der Waals surface area contributed by atoms with Crippen molar-refractivity contribution in [3.63, 3.8) is 0 Å². The van der Waals surface area contributed by atoms with Gasteiger partial charge in [0, 0.05) is 17.0 Å². The topological polar surface area (TPSA) is 53.7 Å². The van der Waals surface area contributed by atoms with Gasteiger partial charge < -0.3 is 19.9 Å². The van der Waals surface area contributed by atoms with Gasteiger partial charge in [0.1, 0.15) is 12.4 Å². The van der Waals surface area contributed by atoms with Crippen molar-refractivity contribution < 1.29 is 14.2 Å². The van der Waals surface area contributed by atoms with Crippen LogP contribution >= 0.6 is 11.3 Å². The Morgan fingerprint density at radius 1 is 1.33 bits per heavy atom. The zero-order chi connectivity index (χ0) is 14.7. The fraction of sp³-hybridized carbons (Fsp3) is 0.375. The molecule has 0 bridgehead atoms. The maximum Gasteiger partial charge on any atom is 0.231 e. The van der Waals surface area contributed by atoms with Gasteiger partial charge in [-0.05, 0) is 35.9 Å². The molecular formula is C16H19NO3S. The molecule has 3 rings (SSSR count). The van der Waals surface area contributed by atoms with Gasteiger partial charge in [-0.3, -0.25) is 0 Å². The third-order valence-electron chi connectivity index (χ3n) is 3.51. The Labute approximate surface area is 128 Å². The molecule has 0 spiro atoms. The van der Waals surface area contributed by atoms with Gasteiger partial charge in [0.05, 0.1) is 0 Å². The third kappa shape index (κ3) is 3.31. The fourth-order valence-corrected chi connectivity index (χ4v) is 2.85. The molecule has 112 valence electrons. The standard InChI is InChI=1S/C16H19NO3S/c1-2-12(17)6-11-7-15-16(20-10-19-15)8-14(11)18-9-13-4-3-5-21-13/h3-5,7-8,12H,2,6,9-10,17H2,1H3. The Morgan fingerprint density at radius 3 is 2.86 bits per heavy atom. The van der Waals surface area contributed by atoms with Crippen LogP contribution in [0.15, 0.2) is 29.6 Å². The second-order valence-electron chi connectivity index (χ2n) is 5.05. The van der Waals surface area contributed by atoms with Crippen LogP contribution in [0.2, 0.25) is 0 Å². The molecule has 0 saturated carbocycles. The summed E-state index contributed by atoms with van der Waals surface area (Å²) >= 11 is 1.69. The van der Waals surface area contributed by atoms with Crippen LogP contribution < -0.4 is 19.9 Å². The smallest absolute Gasteiger partial charge is 0.231 e. The van der Waals surface area contributed by atoms with Crippen LogP contribution in [0.1, 0.15) is 23.8 Å². The van der Waals surface area contributed by atoms with E-state index in [2.05, 4.69) is 13.0 Å². The second-order valence-corrected chi connectivity index (χ2v) is 6.09. The molecule has 0 amide bonds. The first-order chi connectivity index (χ1) is 10.3. The van der Waals surface area contributed by atoms with E-state index < -0.39 is 0 Å². The fourth-order valence-electron chi connectivity index (χ4n) is 2.23. The van der Waals surface area contributed by atoms with Crippen molar-refractivity contribution in [1.29, 1.82) is 0 Å². The third-order valence-corrected chi connectivity index (χ3v) is 4.36. The van der Waals surface area contributed by atoms with E-state index >= 15 is 0 Å². The summed E-state index contributed by atoms with van der Waals surface area (Å²) in [6.07, 6.45) is 1.70. The average molecular weight is 305 g/mol. The van der Waals surface area contributed by atoms with Gasteiger partial charge in [0.15, 0.2) is 11.5 Å². The molecule has 4 nitrogen and oxygen atoms in total. The first kappa shape index (κ1) is 14.2. The summed E-state index contributed by atoms with van der Waals surface area (Å²) in [5, 5.41) is 2.05. The van der Waals surface area contributed by atoms with E-state index in [1.807, 2.05) is 23.6 Å². The molecule has 5 heteroatoms. The largest absolute Gasteiger partial charge is 0.488 e. The summed E-state index contributed by atoms with van der Waals surface area (Å²) in [4.78, 5) is 1.19. The molecule has 2 N–H and O–H groups in total. The van der Waals surface area contributed by atoms with E-state index in [0.717, 1.165) is 35.7 Å². The zero-order valence-electron chi connectivity index (χ0n) is 12.0. The summed E-state index contributed by atoms with van der Waals surface area (Å²) < 4.78 is 16.8. The quantitative estimate of drug-likeness (QED) is 0.889. The maximum absolute atomic E-state index is 6.08. The average Bonchev–Trinajstić information content (AvgIpc) is 3.15. The number of benzene rings is 1. The predicted molar refractivity (Wildman–Crippen MR) is 83.2 cm³/mol. The Hall–Kier alpha value is -1.72. The van der Waals surface area contributed by atoms with Crippen LogP contribution in [0, 0.1) is 0 Å². The first-order valence-electron chi connectivity index (χ1n) is 7.09. The molecule has 1 aromatic carbocycles. The maximum atomic E-state index is 6.08. The lowest BCUT2D eigenvalue weighted by Gasteiger charge is -2.15. The summed E-state index contributed by atoms with van der Waals surface area (Å²) in [7, 11) is 0. The molecule has 21 heavy (non-hydrogen) atoms. The Bertz CT molecular complexity index is 598. The van der Waals surface area contributed by atoms with Crippen molar-refractivity contribution in [2.75, 3.05) is 6.79 Å². The molecule has 1 aliphatic rings. The van der Waals surface area contributed by atoms with Crippen molar-refractivity contribution in [3.05, 3.63) is 40.1 Å². The lowest BCUT2D eigenvalue weighted by atomic mass is 10.0. The predicted octanol–water partition coefficient (Wildman–Crippen LogP) is 3.34. The molecule has 1 aromatic heterocycles. The zero-order valence-corrected chi connectivity index (χ0v) is 12.8. The van der Waals surface area contributed by atoms with Crippen LogP contribution in [0.3, 0.4) is 0 Å². The van der Waals surface area contributed by atoms with E-state index in [1.54, 1.807) is 11.3 Å². The molecule has 1 aliphatic heterocycles. The molecular weight excluding hydrogens is 286 g/mol. The van der Waals surface area contributed by atoms with Gasteiger partial charge in [-0.15, -0.1) is 11.3 Å². The highest BCUT2D eigenvalue weighted by atomic mass is 32.1. The van der Waals surface area contributed by atoms with Crippen molar-refractivity contribution in [2.45, 2.75) is 32.4 Å². The highest BCUT2D eigenvalue weighted by molar-refractivity contribution is 7.09. The lowest BCUT2D eigenvalue weighted by Crippen LogP contribution is -2.21. The van der Waals surface area contributed by atoms with Crippen molar-refractivity contribution in [1.82, 2.24) is 0 Å². The van der Waals surface area contributed by atoms with Gasteiger partial charge in [0.25, 0.3) is 0 Å². The Morgan fingerprint density at radius 2 is 2.14 bits per heavy atom. The summed E-state index contributed by atoms with van der Waals surface area (Å²) in [6, 6.07) is 8.11. The SMILES string of the molecule is CCC(N)Cc1cc2c(cc1OCc1cccs1)OCO2. The normalized spacial score (nSPS) is 14.2. The van der Waals surface area contributed by atoms with Crippen molar-refractivity contribution in [3.8, 4) is 17.2 Å². The minimum atomic E-state index is 0.120. The van der Waals surface area contributed by atoms with E-state index in [0.29, 0.717) is 6.61 Å². The minimum Gasteiger partial charge on any atom is -0.488 e. The van der Waals surface area contributed by atoms with Crippen LogP contribution in [-0.4, -0.2) is 12.8 Å². The molecule has 0 fully saturated rings. The molecule has 1 atom stereocenters. The van der Waals surface area contributed by atoms with Gasteiger partial charge in [0.2, 0.25) is 6.79 Å². The van der Waals surface area contributed by atoms with Gasteiger partial charge in [-0.25, -0.2) is 0 Å². The number of ether oxygens (including phenoxy) is 3. The molecule has 0 radical (unpaired) electrons. The van der Waals surface area contributed by atoms with Crippen LogP contribution in [0.5, 0.6) is 17.2 Å². The number of nitrogens with two attached hydrogens (primary N) is 1. The highest BCUT2D eigenvalue weighted by Gasteiger charge is 2.19. The number of rotatable bonds is 6. The number of hydrogen-bond acceptors (Lipinski definition) is 5. The molecule has 2 heterocycles. The molecule has 0 saturated heterocycles. The molecule has 0 aliphatic carbocycles. The highest BCUT2D eigenvalue weighted by Crippen LogP contribution is 2.39. The van der Waals surface area contributed by atoms with E-state index in [4.69, 9.17) is 19.9 Å². The number of fused-ring (bicyclic) bond motifs is 1. The van der Waals surface area contributed by atoms with Gasteiger partial charge in [-0.1, -0.05) is 13.0 Å². The van der Waals surface area contributed by atoms with E-state index in [9.17, 15) is 0 Å². The van der Waals surface area contributed by atoms with Crippen LogP contribution in [0.4, 0.5) is 0 Å². The Balaban J connectivity index is 1.81. The van der Waals surface area contributed by atoms with Crippen molar-refractivity contribution in [2.24, 2.45) is 5.73 Å². The molecule has 1 unspecified atom stereocenters. The van der Waals surface area contributed by atoms with Crippen LogP contribution in [0.25, 0.3) is 0 Å². The summed E-state index contributed by atoms with van der Waals surface area (Å²) in [5.41, 5.74) is 7.16.